The van der Waals surface area contributed by atoms with Gasteiger partial charge in [-0.3, -0.25) is 10.1 Å². The van der Waals surface area contributed by atoms with Gasteiger partial charge in [0, 0.05) is 24.5 Å². The van der Waals surface area contributed by atoms with E-state index in [9.17, 15) is 4.79 Å². The third-order valence-electron chi connectivity index (χ3n) is 4.53. The molecule has 1 aliphatic carbocycles. The Bertz CT molecular complexity index is 425. The standard InChI is InChI=1S/C15H22N2OS/c1-17-9-8-12(15(17)18)16-14(11-5-2-3-6-11)13-7-4-10-19-13/h4,7,10-12,14,16H,2-3,5-6,8-9H2,1H3. The van der Waals surface area contributed by atoms with Gasteiger partial charge in [0.15, 0.2) is 0 Å². The first-order valence-electron chi connectivity index (χ1n) is 7.30. The minimum atomic E-state index is 0.0256. The molecule has 1 aliphatic heterocycles. The molecule has 0 spiro atoms. The first-order chi connectivity index (χ1) is 9.25. The maximum Gasteiger partial charge on any atom is 0.239 e. The average molecular weight is 278 g/mol. The highest BCUT2D eigenvalue weighted by Gasteiger charge is 2.34. The second kappa shape index (κ2) is 5.63. The van der Waals surface area contributed by atoms with E-state index in [1.165, 1.54) is 30.6 Å². The number of likely N-dealkylation sites (tertiary alicyclic amines) is 1. The van der Waals surface area contributed by atoms with E-state index in [1.807, 2.05) is 23.3 Å². The van der Waals surface area contributed by atoms with Crippen molar-refractivity contribution in [2.24, 2.45) is 5.92 Å². The Kier molecular flexibility index (Phi) is 3.89. The highest BCUT2D eigenvalue weighted by molar-refractivity contribution is 7.10. The van der Waals surface area contributed by atoms with Crippen LogP contribution >= 0.6 is 11.3 Å². The molecule has 3 rings (SSSR count). The lowest BCUT2D eigenvalue weighted by atomic mass is 9.95. The van der Waals surface area contributed by atoms with Crippen LogP contribution in [0.4, 0.5) is 0 Å². The van der Waals surface area contributed by atoms with Crippen molar-refractivity contribution in [3.63, 3.8) is 0 Å². The number of carbonyl (C=O) groups is 1. The van der Waals surface area contributed by atoms with Gasteiger partial charge in [0.05, 0.1) is 6.04 Å². The van der Waals surface area contributed by atoms with Gasteiger partial charge in [0.25, 0.3) is 0 Å². The smallest absolute Gasteiger partial charge is 0.239 e. The average Bonchev–Trinajstić information content (AvgIpc) is 3.13. The largest absolute Gasteiger partial charge is 0.344 e. The van der Waals surface area contributed by atoms with Gasteiger partial charge in [0.1, 0.15) is 0 Å². The number of hydrogen-bond donors (Lipinski definition) is 1. The molecule has 1 amide bonds. The summed E-state index contributed by atoms with van der Waals surface area (Å²) in [5.74, 6) is 0.969. The molecule has 0 aromatic carbocycles. The van der Waals surface area contributed by atoms with Gasteiger partial charge in [-0.1, -0.05) is 18.9 Å². The molecule has 2 unspecified atom stereocenters. The number of thiophene rings is 1. The molecule has 1 aromatic heterocycles. The molecule has 2 aliphatic rings. The fourth-order valence-electron chi connectivity index (χ4n) is 3.40. The molecule has 4 heteroatoms. The van der Waals surface area contributed by atoms with E-state index in [-0.39, 0.29) is 11.9 Å². The van der Waals surface area contributed by atoms with Crippen molar-refractivity contribution in [2.75, 3.05) is 13.6 Å². The topological polar surface area (TPSA) is 32.3 Å². The molecule has 1 saturated carbocycles. The van der Waals surface area contributed by atoms with Gasteiger partial charge in [0.2, 0.25) is 5.91 Å². The van der Waals surface area contributed by atoms with Crippen molar-refractivity contribution in [1.82, 2.24) is 10.2 Å². The lowest BCUT2D eigenvalue weighted by Gasteiger charge is -2.26. The van der Waals surface area contributed by atoms with Crippen molar-refractivity contribution >= 4 is 17.2 Å². The van der Waals surface area contributed by atoms with Crippen molar-refractivity contribution in [3.05, 3.63) is 22.4 Å². The van der Waals surface area contributed by atoms with E-state index in [0.717, 1.165) is 13.0 Å². The maximum absolute atomic E-state index is 12.1. The van der Waals surface area contributed by atoms with E-state index in [4.69, 9.17) is 0 Å². The third kappa shape index (κ3) is 2.70. The first-order valence-corrected chi connectivity index (χ1v) is 8.18. The van der Waals surface area contributed by atoms with Crippen LogP contribution < -0.4 is 5.32 Å². The van der Waals surface area contributed by atoms with Crippen LogP contribution in [0.3, 0.4) is 0 Å². The summed E-state index contributed by atoms with van der Waals surface area (Å²) in [4.78, 5) is 15.3. The Morgan fingerprint density at radius 3 is 2.74 bits per heavy atom. The minimum Gasteiger partial charge on any atom is -0.344 e. The van der Waals surface area contributed by atoms with Gasteiger partial charge in [-0.25, -0.2) is 0 Å². The van der Waals surface area contributed by atoms with Gasteiger partial charge < -0.3 is 4.90 Å². The molecule has 2 fully saturated rings. The second-order valence-corrected chi connectivity index (χ2v) is 6.78. The molecule has 0 bridgehead atoms. The molecule has 104 valence electrons. The van der Waals surface area contributed by atoms with Crippen LogP contribution in [0.5, 0.6) is 0 Å². The van der Waals surface area contributed by atoms with E-state index in [0.29, 0.717) is 12.0 Å². The second-order valence-electron chi connectivity index (χ2n) is 5.81. The Morgan fingerprint density at radius 1 is 1.37 bits per heavy atom. The number of rotatable bonds is 4. The van der Waals surface area contributed by atoms with Crippen molar-refractivity contribution in [1.29, 1.82) is 0 Å². The summed E-state index contributed by atoms with van der Waals surface area (Å²) < 4.78 is 0. The van der Waals surface area contributed by atoms with Gasteiger partial charge >= 0.3 is 0 Å². The van der Waals surface area contributed by atoms with Crippen LogP contribution in [-0.4, -0.2) is 30.4 Å². The van der Waals surface area contributed by atoms with E-state index >= 15 is 0 Å². The van der Waals surface area contributed by atoms with Crippen LogP contribution in [0.1, 0.15) is 43.0 Å². The van der Waals surface area contributed by atoms with E-state index in [2.05, 4.69) is 22.8 Å². The van der Waals surface area contributed by atoms with Gasteiger partial charge in [-0.2, -0.15) is 0 Å². The highest BCUT2D eigenvalue weighted by Crippen LogP contribution is 2.38. The SMILES string of the molecule is CN1CCC(NC(c2cccs2)C2CCCC2)C1=O. The molecule has 2 heterocycles. The molecule has 0 radical (unpaired) electrons. The summed E-state index contributed by atoms with van der Waals surface area (Å²) in [7, 11) is 1.90. The Balaban J connectivity index is 1.74. The number of nitrogens with one attached hydrogen (secondary N) is 1. The third-order valence-corrected chi connectivity index (χ3v) is 5.48. The van der Waals surface area contributed by atoms with Crippen LogP contribution in [-0.2, 0) is 4.79 Å². The number of amides is 1. The quantitative estimate of drug-likeness (QED) is 0.918. The highest BCUT2D eigenvalue weighted by atomic mass is 32.1. The number of hydrogen-bond acceptors (Lipinski definition) is 3. The Morgan fingerprint density at radius 2 is 2.16 bits per heavy atom. The summed E-state index contributed by atoms with van der Waals surface area (Å²) in [6.45, 7) is 0.887. The van der Waals surface area contributed by atoms with Crippen molar-refractivity contribution in [2.45, 2.75) is 44.2 Å². The number of carbonyl (C=O) groups excluding carboxylic acids is 1. The van der Waals surface area contributed by atoms with E-state index < -0.39 is 0 Å². The molecule has 1 saturated heterocycles. The summed E-state index contributed by atoms with van der Waals surface area (Å²) >= 11 is 1.82. The van der Waals surface area contributed by atoms with Crippen LogP contribution in [0.2, 0.25) is 0 Å². The molecule has 2 atom stereocenters. The Labute approximate surface area is 119 Å². The van der Waals surface area contributed by atoms with Crippen LogP contribution in [0.25, 0.3) is 0 Å². The summed E-state index contributed by atoms with van der Waals surface area (Å²) in [5.41, 5.74) is 0. The zero-order valence-corrected chi connectivity index (χ0v) is 12.3. The summed E-state index contributed by atoms with van der Waals surface area (Å²) in [6.07, 6.45) is 6.22. The molecular weight excluding hydrogens is 256 g/mol. The number of nitrogens with zero attached hydrogens (tertiary/aromatic N) is 1. The number of likely N-dealkylation sites (N-methyl/N-ethyl adjacent to an activating group) is 1. The summed E-state index contributed by atoms with van der Waals surface area (Å²) in [5, 5.41) is 5.80. The van der Waals surface area contributed by atoms with Crippen LogP contribution in [0, 0.1) is 5.92 Å². The van der Waals surface area contributed by atoms with Crippen LogP contribution in [0.15, 0.2) is 17.5 Å². The van der Waals surface area contributed by atoms with E-state index in [1.54, 1.807) is 0 Å². The Hall–Kier alpha value is -0.870. The molecule has 3 nitrogen and oxygen atoms in total. The zero-order chi connectivity index (χ0) is 13.2. The lowest BCUT2D eigenvalue weighted by molar-refractivity contribution is -0.128. The molecular formula is C15H22N2OS. The van der Waals surface area contributed by atoms with Crippen molar-refractivity contribution in [3.8, 4) is 0 Å². The summed E-state index contributed by atoms with van der Waals surface area (Å²) in [6, 6.07) is 4.73. The fraction of sp³-hybridized carbons (Fsp3) is 0.667. The van der Waals surface area contributed by atoms with Crippen molar-refractivity contribution < 1.29 is 4.79 Å². The molecule has 1 N–H and O–H groups in total. The monoisotopic (exact) mass is 278 g/mol. The van der Waals surface area contributed by atoms with Gasteiger partial charge in [-0.15, -0.1) is 11.3 Å². The minimum absolute atomic E-state index is 0.0256. The zero-order valence-electron chi connectivity index (χ0n) is 11.5. The molecule has 1 aromatic rings. The normalized spacial score (nSPS) is 26.3. The fourth-order valence-corrected chi connectivity index (χ4v) is 4.28. The predicted molar refractivity (Wildman–Crippen MR) is 78.2 cm³/mol. The maximum atomic E-state index is 12.1. The molecule has 19 heavy (non-hydrogen) atoms. The van der Waals surface area contributed by atoms with Gasteiger partial charge in [-0.05, 0) is 36.6 Å². The lowest BCUT2D eigenvalue weighted by Crippen LogP contribution is -2.41. The first kappa shape index (κ1) is 13.1. The predicted octanol–water partition coefficient (Wildman–Crippen LogP) is 2.80.